The van der Waals surface area contributed by atoms with Crippen LogP contribution in [0.5, 0.6) is 0 Å². The minimum atomic E-state index is -0.310. The van der Waals surface area contributed by atoms with Gasteiger partial charge in [-0.05, 0) is 30.7 Å². The van der Waals surface area contributed by atoms with Crippen LogP contribution in [0.25, 0.3) is 0 Å². The van der Waals surface area contributed by atoms with E-state index in [2.05, 4.69) is 27.1 Å². The fourth-order valence-electron chi connectivity index (χ4n) is 1.63. The zero-order valence-electron chi connectivity index (χ0n) is 10.9. The third-order valence-corrected chi connectivity index (χ3v) is 2.58. The summed E-state index contributed by atoms with van der Waals surface area (Å²) in [6.07, 6.45) is 4.39. The van der Waals surface area contributed by atoms with Crippen LogP contribution in [0.1, 0.15) is 21.6 Å². The lowest BCUT2D eigenvalue weighted by Gasteiger charge is -2.08. The lowest BCUT2D eigenvalue weighted by atomic mass is 10.1. The van der Waals surface area contributed by atoms with Crippen molar-refractivity contribution in [3.63, 3.8) is 0 Å². The molecule has 0 aliphatic carbocycles. The number of nitrogens with zero attached hydrogens (tertiary/aromatic N) is 2. The number of aliphatic hydroxyl groups excluding tert-OH is 1. The van der Waals surface area contributed by atoms with Crippen molar-refractivity contribution in [1.82, 2.24) is 9.97 Å². The first-order valence-corrected chi connectivity index (χ1v) is 5.98. The molecule has 0 saturated heterocycles. The summed E-state index contributed by atoms with van der Waals surface area (Å²) < 4.78 is 0. The summed E-state index contributed by atoms with van der Waals surface area (Å²) in [4.78, 5) is 19.7. The molecule has 2 rings (SSSR count). The molecule has 2 N–H and O–H groups in total. The second-order valence-corrected chi connectivity index (χ2v) is 4.03. The Morgan fingerprint density at radius 1 is 1.40 bits per heavy atom. The largest absolute Gasteiger partial charge is 0.384 e. The maximum absolute atomic E-state index is 11.9. The average Bonchev–Trinajstić information content (AvgIpc) is 2.48. The highest BCUT2D eigenvalue weighted by molar-refractivity contribution is 6.03. The fraction of sp³-hybridized carbons (Fsp3) is 0.133. The molecule has 5 nitrogen and oxygen atoms in total. The molecule has 0 unspecified atom stereocenters. The van der Waals surface area contributed by atoms with E-state index in [9.17, 15) is 4.79 Å². The van der Waals surface area contributed by atoms with Crippen LogP contribution in [0.4, 0.5) is 5.69 Å². The molecule has 1 heterocycles. The first kappa shape index (κ1) is 13.7. The number of rotatable bonds is 2. The Labute approximate surface area is 116 Å². The molecule has 0 spiro atoms. The minimum Gasteiger partial charge on any atom is -0.384 e. The topological polar surface area (TPSA) is 75.1 Å². The second kappa shape index (κ2) is 6.45. The Bertz CT molecular complexity index is 673. The normalized spacial score (nSPS) is 9.50. The third kappa shape index (κ3) is 3.40. The van der Waals surface area contributed by atoms with E-state index in [-0.39, 0.29) is 18.2 Å². The van der Waals surface area contributed by atoms with Gasteiger partial charge in [0.2, 0.25) is 0 Å². The summed E-state index contributed by atoms with van der Waals surface area (Å²) in [6, 6.07) is 5.39. The van der Waals surface area contributed by atoms with Gasteiger partial charge in [0.15, 0.2) is 0 Å². The molecular weight excluding hydrogens is 254 g/mol. The molecule has 0 saturated carbocycles. The van der Waals surface area contributed by atoms with Crippen LogP contribution in [0.2, 0.25) is 0 Å². The summed E-state index contributed by atoms with van der Waals surface area (Å²) in [5.41, 5.74) is 2.62. The molecule has 1 aromatic heterocycles. The Kier molecular flexibility index (Phi) is 4.43. The van der Waals surface area contributed by atoms with Crippen molar-refractivity contribution in [2.75, 3.05) is 11.9 Å². The zero-order chi connectivity index (χ0) is 14.4. The van der Waals surface area contributed by atoms with Gasteiger partial charge in [0.25, 0.3) is 5.91 Å². The number of hydrogen-bond acceptors (Lipinski definition) is 4. The number of anilines is 1. The number of amides is 1. The predicted octanol–water partition coefficient (Wildman–Crippen LogP) is 1.38. The van der Waals surface area contributed by atoms with Crippen LogP contribution < -0.4 is 5.32 Å². The van der Waals surface area contributed by atoms with E-state index < -0.39 is 0 Å². The van der Waals surface area contributed by atoms with Crippen LogP contribution >= 0.6 is 0 Å². The van der Waals surface area contributed by atoms with Crippen LogP contribution in [-0.4, -0.2) is 27.6 Å². The highest BCUT2D eigenvalue weighted by Gasteiger charge is 2.08. The fourth-order valence-corrected chi connectivity index (χ4v) is 1.63. The molecule has 0 aliphatic rings. The highest BCUT2D eigenvalue weighted by atomic mass is 16.2. The number of carbonyl (C=O) groups is 1. The van der Waals surface area contributed by atoms with Gasteiger partial charge in [-0.2, -0.15) is 0 Å². The first-order chi connectivity index (χ1) is 9.70. The number of carbonyl (C=O) groups excluding carboxylic acids is 1. The van der Waals surface area contributed by atoms with E-state index in [1.807, 2.05) is 13.0 Å². The molecule has 0 atom stereocenters. The van der Waals surface area contributed by atoms with Gasteiger partial charge in [0.1, 0.15) is 12.3 Å². The number of nitrogens with one attached hydrogen (secondary N) is 1. The average molecular weight is 267 g/mol. The molecule has 1 amide bonds. The molecule has 0 bridgehead atoms. The first-order valence-electron chi connectivity index (χ1n) is 5.98. The maximum atomic E-state index is 11.9. The summed E-state index contributed by atoms with van der Waals surface area (Å²) in [5.74, 6) is 5.08. The van der Waals surface area contributed by atoms with Crippen LogP contribution in [0.15, 0.2) is 36.8 Å². The standard InChI is InChI=1S/C15H13N3O2/c1-11-9-12(3-2-8-19)4-5-13(11)18-15(20)14-10-16-6-7-17-14/h4-7,9-10,19H,8H2,1H3,(H,18,20). The Hall–Kier alpha value is -2.71. The van der Waals surface area contributed by atoms with Gasteiger partial charge >= 0.3 is 0 Å². The van der Waals surface area contributed by atoms with E-state index in [0.717, 1.165) is 11.1 Å². The lowest BCUT2D eigenvalue weighted by Crippen LogP contribution is -2.14. The van der Waals surface area contributed by atoms with Gasteiger partial charge in [-0.25, -0.2) is 4.98 Å². The van der Waals surface area contributed by atoms with E-state index in [0.29, 0.717) is 5.69 Å². The number of hydrogen-bond donors (Lipinski definition) is 2. The molecule has 5 heteroatoms. The van der Waals surface area contributed by atoms with E-state index in [4.69, 9.17) is 5.11 Å². The van der Waals surface area contributed by atoms with E-state index >= 15 is 0 Å². The van der Waals surface area contributed by atoms with Crippen molar-refractivity contribution < 1.29 is 9.90 Å². The second-order valence-electron chi connectivity index (χ2n) is 4.03. The quantitative estimate of drug-likeness (QED) is 0.806. The third-order valence-electron chi connectivity index (χ3n) is 2.58. The van der Waals surface area contributed by atoms with Gasteiger partial charge < -0.3 is 10.4 Å². The van der Waals surface area contributed by atoms with Crippen molar-refractivity contribution in [1.29, 1.82) is 0 Å². The van der Waals surface area contributed by atoms with Crippen molar-refractivity contribution in [3.05, 3.63) is 53.6 Å². The molecule has 100 valence electrons. The molecule has 2 aromatic rings. The Morgan fingerprint density at radius 3 is 2.90 bits per heavy atom. The van der Waals surface area contributed by atoms with Crippen LogP contribution in [0, 0.1) is 18.8 Å². The van der Waals surface area contributed by atoms with Gasteiger partial charge in [-0.3, -0.25) is 9.78 Å². The number of aryl methyl sites for hydroxylation is 1. The Balaban J connectivity index is 2.16. The predicted molar refractivity (Wildman–Crippen MR) is 75.1 cm³/mol. The number of aliphatic hydroxyl groups is 1. The van der Waals surface area contributed by atoms with Gasteiger partial charge in [0, 0.05) is 23.6 Å². The Morgan fingerprint density at radius 2 is 2.25 bits per heavy atom. The lowest BCUT2D eigenvalue weighted by molar-refractivity contribution is 0.102. The molecule has 1 aromatic carbocycles. The molecular formula is C15H13N3O2. The van der Waals surface area contributed by atoms with Crippen LogP contribution in [0.3, 0.4) is 0 Å². The maximum Gasteiger partial charge on any atom is 0.275 e. The van der Waals surface area contributed by atoms with Crippen molar-refractivity contribution in [2.45, 2.75) is 6.92 Å². The van der Waals surface area contributed by atoms with Gasteiger partial charge in [-0.1, -0.05) is 11.8 Å². The number of aromatic nitrogens is 2. The summed E-state index contributed by atoms with van der Waals surface area (Å²) in [6.45, 7) is 1.70. The van der Waals surface area contributed by atoms with E-state index in [1.165, 1.54) is 18.6 Å². The minimum absolute atomic E-state index is 0.176. The van der Waals surface area contributed by atoms with Crippen molar-refractivity contribution >= 4 is 11.6 Å². The van der Waals surface area contributed by atoms with E-state index in [1.54, 1.807) is 12.1 Å². The summed E-state index contributed by atoms with van der Waals surface area (Å²) in [7, 11) is 0. The highest BCUT2D eigenvalue weighted by Crippen LogP contribution is 2.16. The van der Waals surface area contributed by atoms with Crippen molar-refractivity contribution in [3.8, 4) is 11.8 Å². The molecule has 0 fully saturated rings. The molecule has 0 aliphatic heterocycles. The van der Waals surface area contributed by atoms with Crippen molar-refractivity contribution in [2.24, 2.45) is 0 Å². The zero-order valence-corrected chi connectivity index (χ0v) is 10.9. The smallest absolute Gasteiger partial charge is 0.275 e. The van der Waals surface area contributed by atoms with Gasteiger partial charge in [0.05, 0.1) is 6.20 Å². The SMILES string of the molecule is Cc1cc(C#CCO)ccc1NC(=O)c1cnccn1. The van der Waals surface area contributed by atoms with Gasteiger partial charge in [-0.15, -0.1) is 0 Å². The summed E-state index contributed by atoms with van der Waals surface area (Å²) in [5, 5.41) is 11.4. The molecule has 20 heavy (non-hydrogen) atoms. The summed E-state index contributed by atoms with van der Waals surface area (Å²) >= 11 is 0. The molecule has 0 radical (unpaired) electrons. The van der Waals surface area contributed by atoms with Crippen LogP contribution in [-0.2, 0) is 0 Å². The number of benzene rings is 1. The monoisotopic (exact) mass is 267 g/mol.